The molecule has 2 aromatic rings. The summed E-state index contributed by atoms with van der Waals surface area (Å²) in [5, 5.41) is 0. The Hall–Kier alpha value is -2.66. The Bertz CT molecular complexity index is 1140. The first-order valence-corrected chi connectivity index (χ1v) is 12.6. The lowest BCUT2D eigenvalue weighted by Gasteiger charge is -2.35. The van der Waals surface area contributed by atoms with E-state index < -0.39 is 0 Å². The maximum Gasteiger partial charge on any atom is 0.308 e. The molecule has 3 aliphatic heterocycles. The van der Waals surface area contributed by atoms with E-state index in [1.54, 1.807) is 0 Å². The van der Waals surface area contributed by atoms with Crippen LogP contribution in [0.3, 0.4) is 0 Å². The summed E-state index contributed by atoms with van der Waals surface area (Å²) in [4.78, 5) is 20.1. The molecule has 0 N–H and O–H groups in total. The third-order valence-electron chi connectivity index (χ3n) is 7.09. The molecule has 1 fully saturated rings. The Morgan fingerprint density at radius 2 is 1.74 bits per heavy atom. The predicted molar refractivity (Wildman–Crippen MR) is 135 cm³/mol. The van der Waals surface area contributed by atoms with Crippen molar-refractivity contribution in [2.45, 2.75) is 84.4 Å². The predicted octanol–water partition coefficient (Wildman–Crippen LogP) is 5.48. The van der Waals surface area contributed by atoms with Gasteiger partial charge in [0.1, 0.15) is 5.60 Å². The Morgan fingerprint density at radius 1 is 1.03 bits per heavy atom. The molecule has 2 aromatic carbocycles. The molecule has 3 heterocycles. The van der Waals surface area contributed by atoms with Gasteiger partial charge in [-0.3, -0.25) is 14.7 Å². The highest BCUT2D eigenvalue weighted by Gasteiger charge is 2.42. The van der Waals surface area contributed by atoms with Crippen LogP contribution in [0.1, 0.15) is 81.7 Å². The van der Waals surface area contributed by atoms with E-state index in [9.17, 15) is 4.79 Å². The normalized spacial score (nSPS) is 20.7. The first-order chi connectivity index (χ1) is 16.1. The van der Waals surface area contributed by atoms with Crippen LogP contribution in [0.4, 0.5) is 0 Å². The van der Waals surface area contributed by atoms with Gasteiger partial charge < -0.3 is 9.47 Å². The summed E-state index contributed by atoms with van der Waals surface area (Å²) < 4.78 is 12.5. The van der Waals surface area contributed by atoms with E-state index in [2.05, 4.69) is 56.9 Å². The van der Waals surface area contributed by atoms with E-state index in [0.717, 1.165) is 60.6 Å². The number of piperidine rings is 1. The van der Waals surface area contributed by atoms with Crippen LogP contribution in [0.25, 0.3) is 0 Å². The summed E-state index contributed by atoms with van der Waals surface area (Å²) in [6.07, 6.45) is 5.27. The molecule has 0 saturated carbocycles. The van der Waals surface area contributed by atoms with Crippen LogP contribution >= 0.6 is 0 Å². The molecular formula is C29H36N2O3. The number of carbonyl (C=O) groups excluding carboxylic acids is 1. The van der Waals surface area contributed by atoms with Gasteiger partial charge in [0.25, 0.3) is 0 Å². The minimum atomic E-state index is -0.372. The standard InChI is InChI=1S/C29H36N2O3/c1-19(32)33-26-23(18-31-14-10-7-11-15-31)21-16-28(2,3)30-25(20-12-8-6-9-13-20)24(21)22-17-29(4,5)34-27(22)26/h6,8-9,12-13H,7,10-11,14-18H2,1-5H3. The lowest BCUT2D eigenvalue weighted by atomic mass is 9.78. The lowest BCUT2D eigenvalue weighted by molar-refractivity contribution is -0.132. The summed E-state index contributed by atoms with van der Waals surface area (Å²) >= 11 is 0. The molecule has 1 saturated heterocycles. The highest BCUT2D eigenvalue weighted by atomic mass is 16.6. The van der Waals surface area contributed by atoms with Gasteiger partial charge in [0.05, 0.1) is 11.3 Å². The van der Waals surface area contributed by atoms with Crippen molar-refractivity contribution in [1.82, 2.24) is 4.90 Å². The molecule has 0 atom stereocenters. The monoisotopic (exact) mass is 460 g/mol. The molecule has 34 heavy (non-hydrogen) atoms. The maximum atomic E-state index is 12.3. The number of esters is 1. The molecule has 5 rings (SSSR count). The van der Waals surface area contributed by atoms with Gasteiger partial charge in [0, 0.05) is 42.1 Å². The van der Waals surface area contributed by atoms with Crippen molar-refractivity contribution < 1.29 is 14.3 Å². The first kappa shape index (κ1) is 23.1. The average Bonchev–Trinajstić information content (AvgIpc) is 3.11. The molecule has 0 radical (unpaired) electrons. The van der Waals surface area contributed by atoms with E-state index in [1.807, 2.05) is 6.07 Å². The number of aliphatic imine (C=N–C) groups is 1. The van der Waals surface area contributed by atoms with Crippen molar-refractivity contribution in [3.8, 4) is 11.5 Å². The van der Waals surface area contributed by atoms with E-state index in [1.165, 1.54) is 37.3 Å². The second-order valence-electron chi connectivity index (χ2n) is 11.3. The molecule has 5 nitrogen and oxygen atoms in total. The number of likely N-dealkylation sites (tertiary alicyclic amines) is 1. The fraction of sp³-hybridized carbons (Fsp3) is 0.517. The summed E-state index contributed by atoms with van der Waals surface area (Å²) in [6.45, 7) is 13.0. The number of fused-ring (bicyclic) bond motifs is 3. The number of hydrogen-bond acceptors (Lipinski definition) is 5. The highest BCUT2D eigenvalue weighted by Crippen LogP contribution is 2.51. The van der Waals surface area contributed by atoms with Crippen molar-refractivity contribution in [3.05, 3.63) is 58.1 Å². The zero-order valence-electron chi connectivity index (χ0n) is 21.2. The van der Waals surface area contributed by atoms with Gasteiger partial charge in [-0.25, -0.2) is 0 Å². The SMILES string of the molecule is CC(=O)Oc1c(CN2CCCCC2)c2c(c3c1OC(C)(C)C3)C(c1ccccc1)=NC(C)(C)C2. The van der Waals surface area contributed by atoms with E-state index in [-0.39, 0.29) is 17.1 Å². The number of rotatable bonds is 4. The number of nitrogens with zero attached hydrogens (tertiary/aromatic N) is 2. The van der Waals surface area contributed by atoms with Crippen molar-refractivity contribution in [2.24, 2.45) is 4.99 Å². The fourth-order valence-electron chi connectivity index (χ4n) is 5.75. The van der Waals surface area contributed by atoms with Gasteiger partial charge in [0.15, 0.2) is 11.5 Å². The Balaban J connectivity index is 1.78. The minimum Gasteiger partial charge on any atom is -0.483 e. The summed E-state index contributed by atoms with van der Waals surface area (Å²) in [5.74, 6) is 1.05. The molecule has 0 unspecified atom stereocenters. The Labute approximate surface area is 203 Å². The van der Waals surface area contributed by atoms with Crippen LogP contribution in [0.15, 0.2) is 35.3 Å². The van der Waals surface area contributed by atoms with Crippen LogP contribution in [-0.2, 0) is 24.2 Å². The van der Waals surface area contributed by atoms with Crippen molar-refractivity contribution in [3.63, 3.8) is 0 Å². The highest BCUT2D eigenvalue weighted by molar-refractivity contribution is 6.16. The minimum absolute atomic E-state index is 0.258. The molecule has 0 bridgehead atoms. The average molecular weight is 461 g/mol. The van der Waals surface area contributed by atoms with Gasteiger partial charge in [-0.1, -0.05) is 36.8 Å². The lowest BCUT2D eigenvalue weighted by Crippen LogP contribution is -2.34. The van der Waals surface area contributed by atoms with Gasteiger partial charge >= 0.3 is 5.97 Å². The van der Waals surface area contributed by atoms with Crippen LogP contribution in [-0.4, -0.2) is 40.8 Å². The zero-order valence-corrected chi connectivity index (χ0v) is 21.2. The molecule has 0 aliphatic carbocycles. The molecule has 180 valence electrons. The zero-order chi connectivity index (χ0) is 24.1. The number of benzene rings is 2. The third-order valence-corrected chi connectivity index (χ3v) is 7.09. The number of ether oxygens (including phenoxy) is 2. The number of carbonyl (C=O) groups is 1. The maximum absolute atomic E-state index is 12.3. The number of hydrogen-bond donors (Lipinski definition) is 0. The van der Waals surface area contributed by atoms with Gasteiger partial charge in [-0.2, -0.15) is 0 Å². The van der Waals surface area contributed by atoms with Crippen molar-refractivity contribution in [1.29, 1.82) is 0 Å². The van der Waals surface area contributed by atoms with Gasteiger partial charge in [0.2, 0.25) is 0 Å². The smallest absolute Gasteiger partial charge is 0.308 e. The van der Waals surface area contributed by atoms with Crippen LogP contribution in [0, 0.1) is 0 Å². The second-order valence-corrected chi connectivity index (χ2v) is 11.3. The summed E-state index contributed by atoms with van der Waals surface area (Å²) in [5.41, 5.74) is 6.19. The second kappa shape index (κ2) is 8.53. The van der Waals surface area contributed by atoms with E-state index in [0.29, 0.717) is 5.75 Å². The molecule has 0 amide bonds. The van der Waals surface area contributed by atoms with Crippen LogP contribution in [0.5, 0.6) is 11.5 Å². The van der Waals surface area contributed by atoms with E-state index >= 15 is 0 Å². The molecular weight excluding hydrogens is 424 g/mol. The largest absolute Gasteiger partial charge is 0.483 e. The molecule has 3 aliphatic rings. The van der Waals surface area contributed by atoms with Crippen LogP contribution < -0.4 is 9.47 Å². The van der Waals surface area contributed by atoms with Crippen LogP contribution in [0.2, 0.25) is 0 Å². The van der Waals surface area contributed by atoms with Crippen molar-refractivity contribution in [2.75, 3.05) is 13.1 Å². The van der Waals surface area contributed by atoms with Gasteiger partial charge in [-0.15, -0.1) is 0 Å². The van der Waals surface area contributed by atoms with Crippen molar-refractivity contribution >= 4 is 11.7 Å². The molecule has 5 heteroatoms. The Morgan fingerprint density at radius 3 is 2.41 bits per heavy atom. The fourth-order valence-corrected chi connectivity index (χ4v) is 5.75. The van der Waals surface area contributed by atoms with E-state index in [4.69, 9.17) is 14.5 Å². The topological polar surface area (TPSA) is 51.1 Å². The summed E-state index contributed by atoms with van der Waals surface area (Å²) in [7, 11) is 0. The quantitative estimate of drug-likeness (QED) is 0.448. The summed E-state index contributed by atoms with van der Waals surface area (Å²) in [6, 6.07) is 10.5. The van der Waals surface area contributed by atoms with Gasteiger partial charge in [-0.05, 0) is 65.6 Å². The molecule has 0 aromatic heterocycles. The first-order valence-electron chi connectivity index (χ1n) is 12.6. The third kappa shape index (κ3) is 4.38. The Kier molecular flexibility index (Phi) is 5.79. The molecule has 0 spiro atoms.